The van der Waals surface area contributed by atoms with Gasteiger partial charge >= 0.3 is 6.03 Å². The number of piperazine rings is 1. The molecule has 27 heavy (non-hydrogen) atoms. The second-order valence-corrected chi connectivity index (χ2v) is 6.64. The number of carbonyl (C=O) groups is 2. The predicted molar refractivity (Wildman–Crippen MR) is 105 cm³/mol. The molecule has 3 amide bonds. The number of carbonyl (C=O) groups excluding carboxylic acids is 2. The molecule has 1 aliphatic heterocycles. The fourth-order valence-electron chi connectivity index (χ4n) is 2.88. The van der Waals surface area contributed by atoms with Crippen molar-refractivity contribution in [3.63, 3.8) is 0 Å². The monoisotopic (exact) mass is 388 g/mol. The molecule has 8 heteroatoms. The zero-order chi connectivity index (χ0) is 19.2. The summed E-state index contributed by atoms with van der Waals surface area (Å²) in [7, 11) is 0. The molecule has 2 aromatic rings. The lowest BCUT2D eigenvalue weighted by Crippen LogP contribution is -2.52. The van der Waals surface area contributed by atoms with Gasteiger partial charge < -0.3 is 25.5 Å². The third-order valence-corrected chi connectivity index (χ3v) is 4.54. The Balaban J connectivity index is 1.42. The molecule has 1 heterocycles. The minimum atomic E-state index is -0.353. The summed E-state index contributed by atoms with van der Waals surface area (Å²) in [6, 6.07) is 13.6. The van der Waals surface area contributed by atoms with Crippen LogP contribution in [-0.4, -0.2) is 54.7 Å². The van der Waals surface area contributed by atoms with Crippen LogP contribution in [-0.2, 0) is 4.79 Å². The molecule has 3 N–H and O–H groups in total. The predicted octanol–water partition coefficient (Wildman–Crippen LogP) is 2.52. The first-order valence-electron chi connectivity index (χ1n) is 8.63. The van der Waals surface area contributed by atoms with Crippen molar-refractivity contribution in [1.29, 1.82) is 0 Å². The molecule has 1 fully saturated rings. The van der Waals surface area contributed by atoms with Crippen LogP contribution in [0.3, 0.4) is 0 Å². The number of aromatic hydroxyl groups is 1. The normalized spacial score (nSPS) is 14.0. The van der Waals surface area contributed by atoms with E-state index in [-0.39, 0.29) is 24.2 Å². The van der Waals surface area contributed by atoms with Crippen LogP contribution in [0.2, 0.25) is 5.02 Å². The van der Waals surface area contributed by atoms with Gasteiger partial charge in [-0.1, -0.05) is 17.7 Å². The maximum Gasteiger partial charge on any atom is 0.317 e. The van der Waals surface area contributed by atoms with Crippen molar-refractivity contribution in [2.75, 3.05) is 42.9 Å². The molecule has 0 bridgehead atoms. The summed E-state index contributed by atoms with van der Waals surface area (Å²) < 4.78 is 0. The standard InChI is InChI=1S/C19H21ClN4O3/c20-14-4-6-16(7-5-14)23-8-10-24(11-9-23)19(27)21-13-18(26)22-15-2-1-3-17(25)12-15/h1-7,12,25H,8-11,13H2,(H,21,27)(H,22,26). The van der Waals surface area contributed by atoms with E-state index in [1.54, 1.807) is 17.0 Å². The molecule has 142 valence electrons. The van der Waals surface area contributed by atoms with E-state index in [4.69, 9.17) is 11.6 Å². The highest BCUT2D eigenvalue weighted by atomic mass is 35.5. The topological polar surface area (TPSA) is 84.9 Å². The number of rotatable bonds is 4. The number of hydrogen-bond acceptors (Lipinski definition) is 4. The van der Waals surface area contributed by atoms with E-state index in [0.717, 1.165) is 5.69 Å². The second-order valence-electron chi connectivity index (χ2n) is 6.21. The number of amides is 3. The second kappa shape index (κ2) is 8.64. The Labute approximate surface area is 162 Å². The number of benzene rings is 2. The molecule has 3 rings (SSSR count). The van der Waals surface area contributed by atoms with Crippen LogP contribution in [0.4, 0.5) is 16.2 Å². The summed E-state index contributed by atoms with van der Waals surface area (Å²) in [5.41, 5.74) is 1.55. The molecule has 0 aromatic heterocycles. The van der Waals surface area contributed by atoms with Crippen molar-refractivity contribution in [3.05, 3.63) is 53.6 Å². The van der Waals surface area contributed by atoms with Crippen LogP contribution >= 0.6 is 11.6 Å². The summed E-state index contributed by atoms with van der Waals surface area (Å²) in [5, 5.41) is 15.3. The van der Waals surface area contributed by atoms with Crippen LogP contribution in [0.5, 0.6) is 5.75 Å². The maximum absolute atomic E-state index is 12.3. The molecule has 0 spiro atoms. The van der Waals surface area contributed by atoms with Crippen molar-refractivity contribution in [2.45, 2.75) is 0 Å². The van der Waals surface area contributed by atoms with Gasteiger partial charge in [-0.3, -0.25) is 4.79 Å². The fraction of sp³-hybridized carbons (Fsp3) is 0.263. The Hall–Kier alpha value is -2.93. The van der Waals surface area contributed by atoms with Gasteiger partial charge in [-0.25, -0.2) is 4.79 Å². The van der Waals surface area contributed by atoms with Gasteiger partial charge in [-0.2, -0.15) is 0 Å². The fourth-order valence-corrected chi connectivity index (χ4v) is 3.00. The lowest BCUT2D eigenvalue weighted by atomic mass is 10.2. The number of hydrogen-bond donors (Lipinski definition) is 3. The van der Waals surface area contributed by atoms with E-state index >= 15 is 0 Å². The van der Waals surface area contributed by atoms with E-state index in [1.807, 2.05) is 24.3 Å². The minimum Gasteiger partial charge on any atom is -0.508 e. The first-order chi connectivity index (χ1) is 13.0. The van der Waals surface area contributed by atoms with Crippen molar-refractivity contribution >= 4 is 34.9 Å². The summed E-state index contributed by atoms with van der Waals surface area (Å²) in [6.45, 7) is 2.44. The Bertz CT molecular complexity index is 805. The number of phenolic OH excluding ortho intramolecular Hbond substituents is 1. The summed E-state index contributed by atoms with van der Waals surface area (Å²) >= 11 is 5.91. The molecule has 7 nitrogen and oxygen atoms in total. The molecule has 0 saturated carbocycles. The van der Waals surface area contributed by atoms with E-state index in [1.165, 1.54) is 12.1 Å². The third kappa shape index (κ3) is 5.27. The van der Waals surface area contributed by atoms with Crippen LogP contribution in [0.1, 0.15) is 0 Å². The molecule has 0 aliphatic carbocycles. The van der Waals surface area contributed by atoms with Gasteiger partial charge in [0.15, 0.2) is 0 Å². The van der Waals surface area contributed by atoms with E-state index in [9.17, 15) is 14.7 Å². The van der Waals surface area contributed by atoms with Gasteiger partial charge in [-0.15, -0.1) is 0 Å². The van der Waals surface area contributed by atoms with Crippen molar-refractivity contribution in [3.8, 4) is 5.75 Å². The zero-order valence-corrected chi connectivity index (χ0v) is 15.4. The lowest BCUT2D eigenvalue weighted by molar-refractivity contribution is -0.115. The highest BCUT2D eigenvalue weighted by Gasteiger charge is 2.21. The molecule has 0 unspecified atom stereocenters. The van der Waals surface area contributed by atoms with Gasteiger partial charge in [0, 0.05) is 48.6 Å². The molecule has 2 aromatic carbocycles. The van der Waals surface area contributed by atoms with Crippen molar-refractivity contribution in [1.82, 2.24) is 10.2 Å². The van der Waals surface area contributed by atoms with Gasteiger partial charge in [0.05, 0.1) is 6.54 Å². The van der Waals surface area contributed by atoms with E-state index in [0.29, 0.717) is 36.9 Å². The highest BCUT2D eigenvalue weighted by molar-refractivity contribution is 6.30. The Morgan fingerprint density at radius 2 is 1.74 bits per heavy atom. The first-order valence-corrected chi connectivity index (χ1v) is 9.01. The van der Waals surface area contributed by atoms with Gasteiger partial charge in [-0.05, 0) is 36.4 Å². The van der Waals surface area contributed by atoms with Gasteiger partial charge in [0.1, 0.15) is 5.75 Å². The van der Waals surface area contributed by atoms with E-state index in [2.05, 4.69) is 15.5 Å². The number of halogens is 1. The quantitative estimate of drug-likeness (QED) is 0.751. The Kier molecular flexibility index (Phi) is 6.03. The molecular weight excluding hydrogens is 368 g/mol. The molecule has 0 atom stereocenters. The van der Waals surface area contributed by atoms with E-state index < -0.39 is 0 Å². The number of phenols is 1. The van der Waals surface area contributed by atoms with Gasteiger partial charge in [0.2, 0.25) is 5.91 Å². The van der Waals surface area contributed by atoms with Gasteiger partial charge in [0.25, 0.3) is 0 Å². The van der Waals surface area contributed by atoms with Crippen LogP contribution in [0.25, 0.3) is 0 Å². The summed E-state index contributed by atoms with van der Waals surface area (Å²) in [4.78, 5) is 28.1. The SMILES string of the molecule is O=C(CNC(=O)N1CCN(c2ccc(Cl)cc2)CC1)Nc1cccc(O)c1. The summed E-state index contributed by atoms with van der Waals surface area (Å²) in [5.74, 6) is -0.288. The lowest BCUT2D eigenvalue weighted by Gasteiger charge is -2.36. The Morgan fingerprint density at radius 3 is 2.41 bits per heavy atom. The van der Waals surface area contributed by atoms with Crippen LogP contribution < -0.4 is 15.5 Å². The third-order valence-electron chi connectivity index (χ3n) is 4.29. The highest BCUT2D eigenvalue weighted by Crippen LogP contribution is 2.19. The average molecular weight is 389 g/mol. The Morgan fingerprint density at radius 1 is 1.04 bits per heavy atom. The molecule has 0 radical (unpaired) electrons. The zero-order valence-electron chi connectivity index (χ0n) is 14.7. The van der Waals surface area contributed by atoms with Crippen molar-refractivity contribution in [2.24, 2.45) is 0 Å². The largest absolute Gasteiger partial charge is 0.508 e. The summed E-state index contributed by atoms with van der Waals surface area (Å²) in [6.07, 6.45) is 0. The maximum atomic E-state index is 12.3. The molecular formula is C19H21ClN4O3. The number of anilines is 2. The first kappa shape index (κ1) is 18.8. The number of urea groups is 1. The number of nitrogens with one attached hydrogen (secondary N) is 2. The minimum absolute atomic E-state index is 0.0652. The van der Waals surface area contributed by atoms with Crippen LogP contribution in [0.15, 0.2) is 48.5 Å². The average Bonchev–Trinajstić information content (AvgIpc) is 2.67. The number of nitrogens with zero attached hydrogens (tertiary/aromatic N) is 2. The smallest absolute Gasteiger partial charge is 0.317 e. The molecule has 1 saturated heterocycles. The van der Waals surface area contributed by atoms with Crippen molar-refractivity contribution < 1.29 is 14.7 Å². The van der Waals surface area contributed by atoms with Crippen LogP contribution in [0, 0.1) is 0 Å². The molecule has 1 aliphatic rings.